The SMILES string of the molecule is C=CCCCOc1cncc(Cl)n1. The Morgan fingerprint density at radius 1 is 1.54 bits per heavy atom. The molecule has 0 fully saturated rings. The number of unbranched alkanes of at least 4 members (excludes halogenated alkanes) is 1. The molecule has 0 aliphatic carbocycles. The van der Waals surface area contributed by atoms with Crippen molar-refractivity contribution in [1.29, 1.82) is 0 Å². The van der Waals surface area contributed by atoms with E-state index in [0.29, 0.717) is 17.6 Å². The molecule has 0 saturated carbocycles. The molecular formula is C9H11ClN2O. The Kier molecular flexibility index (Phi) is 4.26. The van der Waals surface area contributed by atoms with Crippen molar-refractivity contribution in [3.8, 4) is 5.88 Å². The third kappa shape index (κ3) is 3.90. The predicted molar refractivity (Wildman–Crippen MR) is 52.0 cm³/mol. The summed E-state index contributed by atoms with van der Waals surface area (Å²) in [6, 6.07) is 0. The monoisotopic (exact) mass is 198 g/mol. The molecule has 13 heavy (non-hydrogen) atoms. The molecule has 0 radical (unpaired) electrons. The Morgan fingerprint density at radius 3 is 3.08 bits per heavy atom. The summed E-state index contributed by atoms with van der Waals surface area (Å²) in [5.74, 6) is 0.469. The summed E-state index contributed by atoms with van der Waals surface area (Å²) in [7, 11) is 0. The van der Waals surface area contributed by atoms with Crippen molar-refractivity contribution in [2.24, 2.45) is 0 Å². The van der Waals surface area contributed by atoms with Crippen LogP contribution in [0.4, 0.5) is 0 Å². The van der Waals surface area contributed by atoms with E-state index in [1.54, 1.807) is 6.20 Å². The number of hydrogen-bond donors (Lipinski definition) is 0. The van der Waals surface area contributed by atoms with Crippen molar-refractivity contribution in [3.63, 3.8) is 0 Å². The van der Waals surface area contributed by atoms with Gasteiger partial charge in [0.2, 0.25) is 5.88 Å². The molecule has 0 N–H and O–H groups in total. The van der Waals surface area contributed by atoms with Crippen LogP contribution in [0.3, 0.4) is 0 Å². The van der Waals surface area contributed by atoms with Gasteiger partial charge in [-0.1, -0.05) is 17.7 Å². The fourth-order valence-corrected chi connectivity index (χ4v) is 0.939. The molecule has 3 nitrogen and oxygen atoms in total. The highest BCUT2D eigenvalue weighted by Gasteiger charge is 1.96. The molecule has 4 heteroatoms. The second-order valence-electron chi connectivity index (χ2n) is 2.46. The lowest BCUT2D eigenvalue weighted by Crippen LogP contribution is -1.98. The molecule has 0 amide bonds. The van der Waals surface area contributed by atoms with Crippen molar-refractivity contribution in [3.05, 3.63) is 30.2 Å². The Balaban J connectivity index is 2.32. The van der Waals surface area contributed by atoms with Crippen molar-refractivity contribution in [2.75, 3.05) is 6.61 Å². The number of hydrogen-bond acceptors (Lipinski definition) is 3. The molecule has 1 aromatic rings. The minimum atomic E-state index is 0.348. The molecule has 0 aliphatic heterocycles. The maximum absolute atomic E-state index is 5.62. The van der Waals surface area contributed by atoms with Crippen molar-refractivity contribution < 1.29 is 4.74 Å². The van der Waals surface area contributed by atoms with Gasteiger partial charge in [0.25, 0.3) is 0 Å². The number of allylic oxidation sites excluding steroid dienone is 1. The van der Waals surface area contributed by atoms with Gasteiger partial charge in [0, 0.05) is 0 Å². The first-order valence-electron chi connectivity index (χ1n) is 4.04. The Labute approximate surface area is 82.4 Å². The van der Waals surface area contributed by atoms with Crippen LogP contribution in [0.2, 0.25) is 5.15 Å². The van der Waals surface area contributed by atoms with E-state index in [4.69, 9.17) is 16.3 Å². The molecule has 0 aromatic carbocycles. The average molecular weight is 199 g/mol. The number of halogens is 1. The van der Waals surface area contributed by atoms with Crippen molar-refractivity contribution in [2.45, 2.75) is 12.8 Å². The second-order valence-corrected chi connectivity index (χ2v) is 2.85. The molecule has 0 aliphatic rings. The normalized spacial score (nSPS) is 9.62. The van der Waals surface area contributed by atoms with E-state index in [1.165, 1.54) is 6.20 Å². The first kappa shape index (κ1) is 9.99. The first-order valence-corrected chi connectivity index (χ1v) is 4.42. The lowest BCUT2D eigenvalue weighted by molar-refractivity contribution is 0.299. The highest BCUT2D eigenvalue weighted by molar-refractivity contribution is 6.29. The van der Waals surface area contributed by atoms with Crippen LogP contribution in [0.5, 0.6) is 5.88 Å². The summed E-state index contributed by atoms with van der Waals surface area (Å²) in [5.41, 5.74) is 0. The van der Waals surface area contributed by atoms with Crippen LogP contribution in [0.15, 0.2) is 25.0 Å². The molecule has 0 bridgehead atoms. The summed E-state index contributed by atoms with van der Waals surface area (Å²) in [6.45, 7) is 4.23. The standard InChI is InChI=1S/C9H11ClN2O/c1-2-3-4-5-13-9-7-11-6-8(10)12-9/h2,6-7H,1,3-5H2. The van der Waals surface area contributed by atoms with Gasteiger partial charge in [0.15, 0.2) is 5.15 Å². The molecule has 0 saturated heterocycles. The molecule has 1 rings (SSSR count). The maximum Gasteiger partial charge on any atom is 0.233 e. The molecular weight excluding hydrogens is 188 g/mol. The van der Waals surface area contributed by atoms with E-state index in [2.05, 4.69) is 16.5 Å². The van der Waals surface area contributed by atoms with E-state index in [1.807, 2.05) is 6.08 Å². The molecule has 1 aromatic heterocycles. The molecule has 70 valence electrons. The smallest absolute Gasteiger partial charge is 0.233 e. The summed E-state index contributed by atoms with van der Waals surface area (Å²) < 4.78 is 5.28. The van der Waals surface area contributed by atoms with Gasteiger partial charge in [-0.25, -0.2) is 0 Å². The van der Waals surface area contributed by atoms with Gasteiger partial charge in [0.1, 0.15) is 0 Å². The van der Waals surface area contributed by atoms with Crippen LogP contribution in [-0.4, -0.2) is 16.6 Å². The Morgan fingerprint density at radius 2 is 2.38 bits per heavy atom. The Bertz CT molecular complexity index is 278. The zero-order valence-electron chi connectivity index (χ0n) is 7.24. The Hall–Kier alpha value is -1.09. The first-order chi connectivity index (χ1) is 6.33. The summed E-state index contributed by atoms with van der Waals surface area (Å²) in [6.07, 6.45) is 6.73. The molecule has 1 heterocycles. The zero-order chi connectivity index (χ0) is 9.52. The topological polar surface area (TPSA) is 35.0 Å². The number of aromatic nitrogens is 2. The van der Waals surface area contributed by atoms with E-state index in [9.17, 15) is 0 Å². The molecule has 0 atom stereocenters. The molecule has 0 spiro atoms. The van der Waals surface area contributed by atoms with Gasteiger partial charge >= 0.3 is 0 Å². The second kappa shape index (κ2) is 5.54. The lowest BCUT2D eigenvalue weighted by Gasteiger charge is -2.02. The average Bonchev–Trinajstić information content (AvgIpc) is 2.13. The third-order valence-corrected chi connectivity index (χ3v) is 1.57. The molecule has 0 unspecified atom stereocenters. The van der Waals surface area contributed by atoms with Gasteiger partial charge in [-0.15, -0.1) is 6.58 Å². The maximum atomic E-state index is 5.62. The summed E-state index contributed by atoms with van der Waals surface area (Å²) in [5, 5.41) is 0.348. The highest BCUT2D eigenvalue weighted by atomic mass is 35.5. The minimum Gasteiger partial charge on any atom is -0.477 e. The lowest BCUT2D eigenvalue weighted by atomic mass is 10.3. The van der Waals surface area contributed by atoms with Crippen LogP contribution in [0, 0.1) is 0 Å². The van der Waals surface area contributed by atoms with Gasteiger partial charge < -0.3 is 4.74 Å². The quantitative estimate of drug-likeness (QED) is 0.539. The van der Waals surface area contributed by atoms with Crippen molar-refractivity contribution in [1.82, 2.24) is 9.97 Å². The highest BCUT2D eigenvalue weighted by Crippen LogP contribution is 2.09. The predicted octanol–water partition coefficient (Wildman–Crippen LogP) is 2.48. The summed E-state index contributed by atoms with van der Waals surface area (Å²) >= 11 is 5.62. The van der Waals surface area contributed by atoms with Crippen LogP contribution in [-0.2, 0) is 0 Å². The zero-order valence-corrected chi connectivity index (χ0v) is 8.00. The largest absolute Gasteiger partial charge is 0.477 e. The van der Waals surface area contributed by atoms with E-state index in [0.717, 1.165) is 12.8 Å². The number of ether oxygens (including phenoxy) is 1. The van der Waals surface area contributed by atoms with E-state index < -0.39 is 0 Å². The van der Waals surface area contributed by atoms with Gasteiger partial charge in [-0.05, 0) is 12.8 Å². The number of nitrogens with zero attached hydrogens (tertiary/aromatic N) is 2. The van der Waals surface area contributed by atoms with E-state index >= 15 is 0 Å². The van der Waals surface area contributed by atoms with Gasteiger partial charge in [-0.3, -0.25) is 4.98 Å². The van der Waals surface area contributed by atoms with Crippen molar-refractivity contribution >= 4 is 11.6 Å². The fourth-order valence-electron chi connectivity index (χ4n) is 0.799. The van der Waals surface area contributed by atoms with Gasteiger partial charge in [-0.2, -0.15) is 4.98 Å². The fraction of sp³-hybridized carbons (Fsp3) is 0.333. The number of rotatable bonds is 5. The summed E-state index contributed by atoms with van der Waals surface area (Å²) in [4.78, 5) is 7.77. The van der Waals surface area contributed by atoms with E-state index in [-0.39, 0.29) is 0 Å². The van der Waals surface area contributed by atoms with Crippen LogP contribution in [0.25, 0.3) is 0 Å². The van der Waals surface area contributed by atoms with Crippen LogP contribution in [0.1, 0.15) is 12.8 Å². The van der Waals surface area contributed by atoms with Gasteiger partial charge in [0.05, 0.1) is 19.0 Å². The third-order valence-electron chi connectivity index (χ3n) is 1.39. The minimum absolute atomic E-state index is 0.348. The van der Waals surface area contributed by atoms with Crippen LogP contribution >= 0.6 is 11.6 Å². The van der Waals surface area contributed by atoms with Crippen LogP contribution < -0.4 is 4.74 Å².